The van der Waals surface area contributed by atoms with Gasteiger partial charge in [-0.3, -0.25) is 9.69 Å². The van der Waals surface area contributed by atoms with Crippen molar-refractivity contribution < 1.29 is 58.7 Å². The van der Waals surface area contributed by atoms with Crippen LogP contribution >= 0.6 is 0 Å². The summed E-state index contributed by atoms with van der Waals surface area (Å²) >= 11 is 0. The number of hydrogen-bond donors (Lipinski definition) is 5. The molecule has 0 aromatic heterocycles. The molecule has 14 heteroatoms. The molecule has 3 aliphatic heterocycles. The van der Waals surface area contributed by atoms with E-state index in [1.807, 2.05) is 64.0 Å². The zero-order chi connectivity index (χ0) is 45.1. The Morgan fingerprint density at radius 3 is 2.18 bits per heavy atom. The predicted octanol–water partition coefficient (Wildman–Crippen LogP) is 3.45. The number of ether oxygens (including phenoxy) is 6. The number of likely N-dealkylation sites (N-methyl/N-ethyl adjacent to an activating group) is 2. The van der Waals surface area contributed by atoms with E-state index in [2.05, 4.69) is 10.8 Å². The van der Waals surface area contributed by atoms with E-state index in [1.165, 1.54) is 14.0 Å². The third kappa shape index (κ3) is 11.5. The van der Waals surface area contributed by atoms with Crippen LogP contribution in [0.3, 0.4) is 0 Å². The topological polar surface area (TPSA) is 180 Å². The summed E-state index contributed by atoms with van der Waals surface area (Å²) in [6.45, 7) is 18.5. The van der Waals surface area contributed by atoms with Crippen molar-refractivity contribution in [3.05, 3.63) is 35.4 Å². The van der Waals surface area contributed by atoms with Crippen molar-refractivity contribution in [3.63, 3.8) is 0 Å². The minimum absolute atomic E-state index is 0.114. The summed E-state index contributed by atoms with van der Waals surface area (Å²) in [5, 5.41) is 59.2. The summed E-state index contributed by atoms with van der Waals surface area (Å²) in [5.74, 6) is -0.0669. The number of carbonyl (C=O) groups excluding carboxylic acids is 1. The number of esters is 1. The average molecular weight is 849 g/mol. The number of benzene rings is 1. The van der Waals surface area contributed by atoms with Crippen molar-refractivity contribution >= 4 is 5.97 Å². The normalized spacial score (nSPS) is 44.4. The molecule has 18 atom stereocenters. The summed E-state index contributed by atoms with van der Waals surface area (Å²) in [6.07, 6.45) is -3.19. The van der Waals surface area contributed by atoms with Crippen LogP contribution in [0.25, 0.3) is 0 Å². The van der Waals surface area contributed by atoms with Gasteiger partial charge in [-0.05, 0) is 105 Å². The van der Waals surface area contributed by atoms with Crippen LogP contribution in [0.15, 0.2) is 24.3 Å². The summed E-state index contributed by atoms with van der Waals surface area (Å²) in [5.41, 5.74) is -2.68. The van der Waals surface area contributed by atoms with E-state index in [-0.39, 0.29) is 37.3 Å². The van der Waals surface area contributed by atoms with Crippen molar-refractivity contribution in [1.29, 1.82) is 0 Å². The zero-order valence-electron chi connectivity index (χ0n) is 38.3. The maximum absolute atomic E-state index is 14.4. The number of terminal acetylenes is 1. The molecule has 0 unspecified atom stereocenters. The van der Waals surface area contributed by atoms with Gasteiger partial charge in [-0.15, -0.1) is 6.42 Å². The third-order valence-electron chi connectivity index (χ3n) is 13.7. The first-order valence-corrected chi connectivity index (χ1v) is 21.7. The molecule has 0 bridgehead atoms. The van der Waals surface area contributed by atoms with Crippen LogP contribution in [-0.4, -0.2) is 159 Å². The molecule has 0 spiro atoms. The van der Waals surface area contributed by atoms with E-state index in [0.29, 0.717) is 19.5 Å². The van der Waals surface area contributed by atoms with Crippen molar-refractivity contribution in [3.8, 4) is 12.3 Å². The van der Waals surface area contributed by atoms with Gasteiger partial charge in [0.05, 0.1) is 41.5 Å². The zero-order valence-corrected chi connectivity index (χ0v) is 38.3. The molecule has 60 heavy (non-hydrogen) atoms. The van der Waals surface area contributed by atoms with Gasteiger partial charge >= 0.3 is 5.97 Å². The van der Waals surface area contributed by atoms with Crippen LogP contribution < -0.4 is 0 Å². The number of rotatable bonds is 9. The number of cyclic esters (lactones) is 1. The molecule has 0 amide bonds. The summed E-state index contributed by atoms with van der Waals surface area (Å²) in [6, 6.07) is 6.76. The Labute approximate surface area is 358 Å². The molecule has 3 fully saturated rings. The van der Waals surface area contributed by atoms with Gasteiger partial charge in [0.2, 0.25) is 0 Å². The van der Waals surface area contributed by atoms with E-state index in [1.54, 1.807) is 41.5 Å². The lowest BCUT2D eigenvalue weighted by Crippen LogP contribution is -2.60. The minimum atomic E-state index is -1.82. The number of nitrogens with zero attached hydrogens (tertiary/aromatic N) is 2. The molecule has 4 rings (SSSR count). The number of aliphatic hydroxyl groups is 5. The molecule has 3 aliphatic rings. The second kappa shape index (κ2) is 20.5. The molecule has 1 aromatic rings. The molecule has 342 valence electrons. The Morgan fingerprint density at radius 1 is 0.967 bits per heavy atom. The van der Waals surface area contributed by atoms with E-state index in [0.717, 1.165) is 11.1 Å². The monoisotopic (exact) mass is 849 g/mol. The average Bonchev–Trinajstić information content (AvgIpc) is 3.19. The van der Waals surface area contributed by atoms with Gasteiger partial charge in [0.25, 0.3) is 0 Å². The molecule has 0 radical (unpaired) electrons. The summed E-state index contributed by atoms with van der Waals surface area (Å²) < 4.78 is 38.1. The molecule has 14 nitrogen and oxygen atoms in total. The van der Waals surface area contributed by atoms with Gasteiger partial charge in [-0.2, -0.15) is 0 Å². The Morgan fingerprint density at radius 2 is 1.60 bits per heavy atom. The molecule has 3 heterocycles. The highest BCUT2D eigenvalue weighted by Crippen LogP contribution is 2.40. The van der Waals surface area contributed by atoms with Gasteiger partial charge in [-0.25, -0.2) is 0 Å². The van der Waals surface area contributed by atoms with Crippen molar-refractivity contribution in [2.75, 3.05) is 27.7 Å². The van der Waals surface area contributed by atoms with Gasteiger partial charge in [0.15, 0.2) is 12.6 Å². The first-order valence-electron chi connectivity index (χ1n) is 21.7. The Hall–Kier alpha value is -2.23. The van der Waals surface area contributed by atoms with Crippen LogP contribution in [0.1, 0.15) is 106 Å². The highest BCUT2D eigenvalue weighted by molar-refractivity contribution is 5.73. The largest absolute Gasteiger partial charge is 0.459 e. The van der Waals surface area contributed by atoms with Crippen molar-refractivity contribution in [2.24, 2.45) is 17.8 Å². The highest BCUT2D eigenvalue weighted by atomic mass is 16.7. The van der Waals surface area contributed by atoms with E-state index >= 15 is 0 Å². The smallest absolute Gasteiger partial charge is 0.311 e. The fourth-order valence-electron chi connectivity index (χ4n) is 9.77. The molecule has 1 aromatic carbocycles. The minimum Gasteiger partial charge on any atom is -0.459 e. The van der Waals surface area contributed by atoms with E-state index < -0.39 is 96.0 Å². The second-order valence-electron chi connectivity index (χ2n) is 19.0. The number of aliphatic hydroxyl groups excluding tert-OH is 3. The number of carbonyl (C=O) groups is 1. The molecule has 0 aliphatic carbocycles. The second-order valence-corrected chi connectivity index (χ2v) is 19.0. The molecular weight excluding hydrogens is 773 g/mol. The lowest BCUT2D eigenvalue weighted by atomic mass is 9.77. The van der Waals surface area contributed by atoms with E-state index in [4.69, 9.17) is 34.8 Å². The van der Waals surface area contributed by atoms with Crippen LogP contribution in [0.5, 0.6) is 0 Å². The first kappa shape index (κ1) is 50.4. The molecule has 3 saturated heterocycles. The standard InChI is InChI=1S/C46H76N2O12/c1-15-32-17-19-33(20-18-32)25-48(13)34-21-27(4)56-43(37(34)49)60-41-28(5)38(59-36-23-45(10,55-14)40(51)31(8)57-36)29(6)42(52)58-35(16-2)46(11,54)39(50)30(7)47(12)24-26(3)22-44(41,9)53/h1,17-20,26-31,34-41,43,49-51,53-54H,16,21-25H2,2-14H3/t26-,27-,28+,29-,30-,31+,34+,35-,36+,37-,38+,39-,40+,41-,43+,44-,45-,46-/m1/s1. The summed E-state index contributed by atoms with van der Waals surface area (Å²) in [4.78, 5) is 18.3. The predicted molar refractivity (Wildman–Crippen MR) is 226 cm³/mol. The first-order chi connectivity index (χ1) is 27.9. The van der Waals surface area contributed by atoms with Crippen LogP contribution in [-0.2, 0) is 39.8 Å². The van der Waals surface area contributed by atoms with Crippen molar-refractivity contribution in [1.82, 2.24) is 9.80 Å². The Balaban J connectivity index is 1.79. The number of methoxy groups -OCH3 is 1. The summed E-state index contributed by atoms with van der Waals surface area (Å²) in [7, 11) is 5.28. The maximum atomic E-state index is 14.4. The van der Waals surface area contributed by atoms with Gasteiger partial charge in [0.1, 0.15) is 30.0 Å². The SMILES string of the molecule is C#Cc1ccc(CN(C)[C@H]2C[C@@H](C)O[C@@H](O[C@@H]3[C@@H](C)[C@H](O[C@H]4C[C@@](C)(OC)[C@@H](O)[C@H](C)O4)[C@@H](C)C(=O)O[C@H](CC)[C@@](C)(O)[C@H](O)[C@@H](C)N(C)C[C@H](C)C[C@@]3(C)O)[C@@H]2O)cc1. The number of hydrogen-bond acceptors (Lipinski definition) is 14. The fourth-order valence-corrected chi connectivity index (χ4v) is 9.77. The fraction of sp³-hybridized carbons (Fsp3) is 0.804. The Kier molecular flexibility index (Phi) is 17.2. The van der Waals surface area contributed by atoms with Crippen LogP contribution in [0.4, 0.5) is 0 Å². The van der Waals surface area contributed by atoms with Gasteiger partial charge in [-0.1, -0.05) is 38.8 Å². The highest BCUT2D eigenvalue weighted by Gasteiger charge is 2.52. The molecule has 5 N–H and O–H groups in total. The molecular formula is C46H76N2O12. The van der Waals surface area contributed by atoms with Crippen molar-refractivity contribution in [2.45, 2.75) is 192 Å². The van der Waals surface area contributed by atoms with Crippen LogP contribution in [0.2, 0.25) is 0 Å². The quantitative estimate of drug-likeness (QED) is 0.180. The third-order valence-corrected chi connectivity index (χ3v) is 13.7. The lowest BCUT2D eigenvalue weighted by Gasteiger charge is -2.49. The lowest BCUT2D eigenvalue weighted by molar-refractivity contribution is -0.318. The van der Waals surface area contributed by atoms with Gasteiger partial charge < -0.3 is 58.9 Å². The van der Waals surface area contributed by atoms with Gasteiger partial charge in [0, 0.05) is 50.2 Å². The van der Waals surface area contributed by atoms with E-state index in [9.17, 15) is 30.3 Å². The Bertz CT molecular complexity index is 1570. The maximum Gasteiger partial charge on any atom is 0.311 e. The molecule has 0 saturated carbocycles. The van der Waals surface area contributed by atoms with Crippen LogP contribution in [0, 0.1) is 30.1 Å².